The molecule has 3 rings (SSSR count). The zero-order valence-corrected chi connectivity index (χ0v) is 16.2. The Labute approximate surface area is 169 Å². The van der Waals surface area contributed by atoms with Gasteiger partial charge in [0.2, 0.25) is 5.91 Å². The van der Waals surface area contributed by atoms with Gasteiger partial charge in [-0.25, -0.2) is 4.79 Å². The number of carbonyl (C=O) groups excluding carboxylic acids is 2. The number of carboxylic acid groups (broad SMARTS) is 1. The van der Waals surface area contributed by atoms with Gasteiger partial charge in [0.25, 0.3) is 0 Å². The first kappa shape index (κ1) is 20.4. The number of carbonyl (C=O) groups is 3. The third-order valence-corrected chi connectivity index (χ3v) is 5.00. The minimum Gasteiger partial charge on any atom is -0.481 e. The molecular formula is C22H24N2O5. The average molecular weight is 396 g/mol. The summed E-state index contributed by atoms with van der Waals surface area (Å²) in [7, 11) is 0. The Balaban J connectivity index is 1.59. The number of hydrogen-bond acceptors (Lipinski definition) is 4. The molecule has 1 aliphatic carbocycles. The van der Waals surface area contributed by atoms with E-state index in [1.165, 1.54) is 0 Å². The minimum atomic E-state index is -0.997. The van der Waals surface area contributed by atoms with Crippen LogP contribution in [0.25, 0.3) is 11.1 Å². The number of carboxylic acids is 1. The summed E-state index contributed by atoms with van der Waals surface area (Å²) in [4.78, 5) is 34.9. The number of hydrogen-bond donors (Lipinski definition) is 3. The highest BCUT2D eigenvalue weighted by atomic mass is 16.5. The average Bonchev–Trinajstić information content (AvgIpc) is 3.04. The van der Waals surface area contributed by atoms with E-state index in [4.69, 9.17) is 9.84 Å². The summed E-state index contributed by atoms with van der Waals surface area (Å²) in [5.41, 5.74) is 4.50. The van der Waals surface area contributed by atoms with E-state index in [2.05, 4.69) is 22.8 Å². The highest BCUT2D eigenvalue weighted by molar-refractivity contribution is 5.86. The lowest BCUT2D eigenvalue weighted by Gasteiger charge is -2.18. The zero-order valence-electron chi connectivity index (χ0n) is 16.2. The van der Waals surface area contributed by atoms with E-state index in [0.717, 1.165) is 22.3 Å². The number of benzene rings is 2. The Kier molecular flexibility index (Phi) is 6.49. The van der Waals surface area contributed by atoms with Gasteiger partial charge in [-0.3, -0.25) is 9.59 Å². The number of alkyl carbamates (subject to hydrolysis) is 1. The maximum atomic E-state index is 12.3. The third kappa shape index (κ3) is 4.74. The summed E-state index contributed by atoms with van der Waals surface area (Å²) < 4.78 is 5.44. The lowest BCUT2D eigenvalue weighted by atomic mass is 9.98. The first-order valence-electron chi connectivity index (χ1n) is 9.62. The topological polar surface area (TPSA) is 105 Å². The largest absolute Gasteiger partial charge is 0.481 e. The van der Waals surface area contributed by atoms with Crippen LogP contribution in [0.2, 0.25) is 0 Å². The molecule has 152 valence electrons. The van der Waals surface area contributed by atoms with Gasteiger partial charge >= 0.3 is 12.1 Å². The van der Waals surface area contributed by atoms with E-state index < -0.39 is 24.0 Å². The Morgan fingerprint density at radius 1 is 1.03 bits per heavy atom. The fourth-order valence-electron chi connectivity index (χ4n) is 3.55. The predicted octanol–water partition coefficient (Wildman–Crippen LogP) is 2.89. The van der Waals surface area contributed by atoms with Crippen LogP contribution in [-0.2, 0) is 14.3 Å². The highest BCUT2D eigenvalue weighted by Gasteiger charge is 2.29. The lowest BCUT2D eigenvalue weighted by molar-refractivity contribution is -0.137. The molecule has 0 spiro atoms. The van der Waals surface area contributed by atoms with Crippen molar-refractivity contribution in [2.24, 2.45) is 0 Å². The smallest absolute Gasteiger partial charge is 0.407 e. The van der Waals surface area contributed by atoms with Gasteiger partial charge in [-0.15, -0.1) is 0 Å². The van der Waals surface area contributed by atoms with Gasteiger partial charge in [0, 0.05) is 12.5 Å². The van der Waals surface area contributed by atoms with Crippen molar-refractivity contribution in [1.29, 1.82) is 0 Å². The van der Waals surface area contributed by atoms with Crippen molar-refractivity contribution in [2.45, 2.75) is 31.7 Å². The van der Waals surface area contributed by atoms with Crippen molar-refractivity contribution in [3.8, 4) is 11.1 Å². The molecule has 0 aliphatic heterocycles. The molecule has 0 saturated carbocycles. The maximum Gasteiger partial charge on any atom is 0.407 e. The predicted molar refractivity (Wildman–Crippen MR) is 108 cm³/mol. The van der Waals surface area contributed by atoms with Gasteiger partial charge in [0.1, 0.15) is 12.6 Å². The van der Waals surface area contributed by atoms with Crippen LogP contribution in [0.4, 0.5) is 4.79 Å². The Bertz CT molecular complexity index is 866. The number of aliphatic carboxylic acids is 1. The molecule has 29 heavy (non-hydrogen) atoms. The second-order valence-electron chi connectivity index (χ2n) is 6.87. The first-order chi connectivity index (χ1) is 14.0. The van der Waals surface area contributed by atoms with Gasteiger partial charge in [-0.1, -0.05) is 55.5 Å². The molecule has 2 amide bonds. The molecule has 0 bridgehead atoms. The van der Waals surface area contributed by atoms with Crippen molar-refractivity contribution >= 4 is 18.0 Å². The summed E-state index contributed by atoms with van der Waals surface area (Å²) in [6.07, 6.45) is -0.483. The monoisotopic (exact) mass is 396 g/mol. The molecule has 7 nitrogen and oxygen atoms in total. The zero-order chi connectivity index (χ0) is 20.8. The van der Waals surface area contributed by atoms with Crippen molar-refractivity contribution in [1.82, 2.24) is 10.6 Å². The third-order valence-electron chi connectivity index (χ3n) is 5.00. The molecule has 3 N–H and O–H groups in total. The molecule has 1 atom stereocenters. The summed E-state index contributed by atoms with van der Waals surface area (Å²) in [5, 5.41) is 13.7. The fraction of sp³-hybridized carbons (Fsp3) is 0.318. The van der Waals surface area contributed by atoms with Crippen LogP contribution in [0.5, 0.6) is 0 Å². The quantitative estimate of drug-likeness (QED) is 0.636. The molecule has 0 aromatic heterocycles. The summed E-state index contributed by atoms with van der Waals surface area (Å²) in [6, 6.07) is 15.3. The van der Waals surface area contributed by atoms with Crippen LogP contribution < -0.4 is 10.6 Å². The lowest BCUT2D eigenvalue weighted by Crippen LogP contribution is -2.47. The van der Waals surface area contributed by atoms with Crippen molar-refractivity contribution < 1.29 is 24.2 Å². The van der Waals surface area contributed by atoms with E-state index in [0.29, 0.717) is 6.42 Å². The van der Waals surface area contributed by atoms with Gasteiger partial charge in [-0.05, 0) is 28.7 Å². The van der Waals surface area contributed by atoms with Gasteiger partial charge < -0.3 is 20.5 Å². The van der Waals surface area contributed by atoms with Crippen molar-refractivity contribution in [2.75, 3.05) is 13.2 Å². The highest BCUT2D eigenvalue weighted by Crippen LogP contribution is 2.44. The molecule has 0 radical (unpaired) electrons. The number of rotatable bonds is 8. The molecular weight excluding hydrogens is 372 g/mol. The molecule has 0 fully saturated rings. The standard InChI is InChI=1S/C22H24N2O5/c1-2-19(21(27)23-12-11-20(25)26)24-22(28)29-13-18-16-9-5-3-7-14(16)15-8-4-6-10-17(15)18/h3-10,18-19H,2,11-13H2,1H3,(H,23,27)(H,24,28)(H,25,26)/t19-/m1/s1. The van der Waals surface area contributed by atoms with Crippen LogP contribution >= 0.6 is 0 Å². The molecule has 0 heterocycles. The van der Waals surface area contributed by atoms with Crippen LogP contribution in [0, 0.1) is 0 Å². The van der Waals surface area contributed by atoms with Crippen LogP contribution in [0.3, 0.4) is 0 Å². The van der Waals surface area contributed by atoms with Gasteiger partial charge in [-0.2, -0.15) is 0 Å². The molecule has 0 unspecified atom stereocenters. The second kappa shape index (κ2) is 9.23. The van der Waals surface area contributed by atoms with Crippen molar-refractivity contribution in [3.63, 3.8) is 0 Å². The molecule has 2 aromatic rings. The fourth-order valence-corrected chi connectivity index (χ4v) is 3.55. The maximum absolute atomic E-state index is 12.3. The minimum absolute atomic E-state index is 0.0109. The Hall–Kier alpha value is -3.35. The second-order valence-corrected chi connectivity index (χ2v) is 6.87. The Morgan fingerprint density at radius 3 is 2.17 bits per heavy atom. The van der Waals surface area contributed by atoms with E-state index in [9.17, 15) is 14.4 Å². The van der Waals surface area contributed by atoms with E-state index in [-0.39, 0.29) is 25.5 Å². The summed E-state index contributed by atoms with van der Waals surface area (Å²) in [5.74, 6) is -1.48. The van der Waals surface area contributed by atoms with Crippen LogP contribution in [0.15, 0.2) is 48.5 Å². The van der Waals surface area contributed by atoms with E-state index in [1.54, 1.807) is 6.92 Å². The van der Waals surface area contributed by atoms with Crippen LogP contribution in [0.1, 0.15) is 36.8 Å². The SMILES string of the molecule is CC[C@@H](NC(=O)OCC1c2ccccc2-c2ccccc21)C(=O)NCCC(=O)O. The van der Waals surface area contributed by atoms with Gasteiger partial charge in [0.05, 0.1) is 6.42 Å². The van der Waals surface area contributed by atoms with E-state index in [1.807, 2.05) is 36.4 Å². The molecule has 1 aliphatic rings. The number of nitrogens with one attached hydrogen (secondary N) is 2. The number of ether oxygens (including phenoxy) is 1. The summed E-state index contributed by atoms with van der Waals surface area (Å²) in [6.45, 7) is 1.93. The first-order valence-corrected chi connectivity index (χ1v) is 9.62. The number of fused-ring (bicyclic) bond motifs is 3. The molecule has 0 saturated heterocycles. The van der Waals surface area contributed by atoms with Crippen molar-refractivity contribution in [3.05, 3.63) is 59.7 Å². The van der Waals surface area contributed by atoms with Gasteiger partial charge in [0.15, 0.2) is 0 Å². The molecule has 2 aromatic carbocycles. The Morgan fingerprint density at radius 2 is 1.62 bits per heavy atom. The molecule has 7 heteroatoms. The summed E-state index contributed by atoms with van der Waals surface area (Å²) >= 11 is 0. The van der Waals surface area contributed by atoms with Crippen LogP contribution in [-0.4, -0.2) is 42.3 Å². The number of amides is 2. The normalized spacial score (nSPS) is 13.1. The van der Waals surface area contributed by atoms with E-state index >= 15 is 0 Å².